The number of halogens is 1. The summed E-state index contributed by atoms with van der Waals surface area (Å²) < 4.78 is 5.22. The van der Waals surface area contributed by atoms with Gasteiger partial charge in [-0.25, -0.2) is 9.97 Å². The van der Waals surface area contributed by atoms with Crippen molar-refractivity contribution >= 4 is 29.4 Å². The van der Waals surface area contributed by atoms with E-state index in [1.807, 2.05) is 26.0 Å². The van der Waals surface area contributed by atoms with Crippen LogP contribution in [0.15, 0.2) is 48.7 Å². The smallest absolute Gasteiger partial charge is 0.254 e. The number of aromatic nitrogens is 2. The molecule has 0 radical (unpaired) electrons. The van der Waals surface area contributed by atoms with E-state index in [0.29, 0.717) is 45.6 Å². The zero-order valence-electron chi connectivity index (χ0n) is 20.3. The molecule has 0 spiro atoms. The molecule has 0 saturated heterocycles. The number of nitrogens with zero attached hydrogens (tertiary/aromatic N) is 3. The Morgan fingerprint density at radius 1 is 1.25 bits per heavy atom. The standard InChI is InChI=1S/C26H28ClN5O4/c1-15(2)29-26-28-11-21(27)24(31-26)17-7-8-18-12-32(25(35)20(18)10-17)13-23(34)30-22(14-33)16-5-4-6-19(9-16)36-3/h4-11,15,22,33H,12-14H2,1-3H3,(H,30,34)(H,28,29,31)/t22-/m1/s1. The lowest BCUT2D eigenvalue weighted by Crippen LogP contribution is -2.40. The molecule has 1 atom stereocenters. The number of hydrogen-bond donors (Lipinski definition) is 3. The molecule has 3 N–H and O–H groups in total. The van der Waals surface area contributed by atoms with Gasteiger partial charge in [0.25, 0.3) is 5.91 Å². The third-order valence-electron chi connectivity index (χ3n) is 5.77. The molecule has 1 aliphatic rings. The number of methoxy groups -OCH3 is 1. The van der Waals surface area contributed by atoms with Crippen LogP contribution in [0.3, 0.4) is 0 Å². The highest BCUT2D eigenvalue weighted by atomic mass is 35.5. The molecule has 0 saturated carbocycles. The minimum atomic E-state index is -0.618. The molecule has 9 nitrogen and oxygen atoms in total. The molecule has 4 rings (SSSR count). The van der Waals surface area contributed by atoms with Gasteiger partial charge in [0.2, 0.25) is 11.9 Å². The molecule has 10 heteroatoms. The van der Waals surface area contributed by atoms with Crippen molar-refractivity contribution < 1.29 is 19.4 Å². The highest BCUT2D eigenvalue weighted by Gasteiger charge is 2.30. The summed E-state index contributed by atoms with van der Waals surface area (Å²) in [6, 6.07) is 12.1. The van der Waals surface area contributed by atoms with Crippen molar-refractivity contribution in [1.82, 2.24) is 20.2 Å². The Morgan fingerprint density at radius 3 is 2.78 bits per heavy atom. The number of anilines is 1. The van der Waals surface area contributed by atoms with Crippen molar-refractivity contribution in [1.29, 1.82) is 0 Å². The van der Waals surface area contributed by atoms with Crippen molar-refractivity contribution in [2.24, 2.45) is 0 Å². The molecule has 1 aromatic heterocycles. The lowest BCUT2D eigenvalue weighted by molar-refractivity contribution is -0.122. The molecule has 0 fully saturated rings. The van der Waals surface area contributed by atoms with Gasteiger partial charge in [-0.05, 0) is 43.2 Å². The monoisotopic (exact) mass is 509 g/mol. The van der Waals surface area contributed by atoms with Crippen LogP contribution in [0, 0.1) is 0 Å². The Balaban J connectivity index is 1.47. The van der Waals surface area contributed by atoms with Crippen molar-refractivity contribution in [2.45, 2.75) is 32.5 Å². The minimum Gasteiger partial charge on any atom is -0.497 e. The van der Waals surface area contributed by atoms with E-state index in [1.165, 1.54) is 11.1 Å². The Kier molecular flexibility index (Phi) is 7.71. The lowest BCUT2D eigenvalue weighted by atomic mass is 10.0. The molecule has 2 aromatic carbocycles. The maximum absolute atomic E-state index is 13.1. The summed E-state index contributed by atoms with van der Waals surface area (Å²) in [5, 5.41) is 16.1. The second kappa shape index (κ2) is 10.9. The fraction of sp³-hybridized carbons (Fsp3) is 0.308. The molecule has 2 amide bonds. The third-order valence-corrected chi connectivity index (χ3v) is 6.05. The normalized spacial score (nSPS) is 13.5. The van der Waals surface area contributed by atoms with Gasteiger partial charge < -0.3 is 25.4 Å². The maximum Gasteiger partial charge on any atom is 0.254 e. The number of carbonyl (C=O) groups excluding carboxylic acids is 2. The van der Waals surface area contributed by atoms with Gasteiger partial charge in [0.05, 0.1) is 36.7 Å². The summed E-state index contributed by atoms with van der Waals surface area (Å²) in [5.41, 5.74) is 3.23. The van der Waals surface area contributed by atoms with E-state index in [0.717, 1.165) is 5.56 Å². The van der Waals surface area contributed by atoms with E-state index in [9.17, 15) is 14.7 Å². The Labute approximate surface area is 214 Å². The summed E-state index contributed by atoms with van der Waals surface area (Å²) in [6.07, 6.45) is 1.53. The van der Waals surface area contributed by atoms with Gasteiger partial charge in [0, 0.05) is 23.7 Å². The minimum absolute atomic E-state index is 0.139. The molecule has 188 valence electrons. The topological polar surface area (TPSA) is 117 Å². The van der Waals surface area contributed by atoms with Crippen LogP contribution in [0.5, 0.6) is 5.75 Å². The first-order chi connectivity index (χ1) is 17.3. The zero-order valence-corrected chi connectivity index (χ0v) is 21.0. The van der Waals surface area contributed by atoms with Crippen LogP contribution < -0.4 is 15.4 Å². The van der Waals surface area contributed by atoms with E-state index in [-0.39, 0.29) is 31.0 Å². The second-order valence-corrected chi connectivity index (χ2v) is 9.21. The van der Waals surface area contributed by atoms with Crippen LogP contribution in [-0.4, -0.2) is 58.1 Å². The third kappa shape index (κ3) is 5.58. The van der Waals surface area contributed by atoms with Gasteiger partial charge in [0.1, 0.15) is 12.3 Å². The molecule has 2 heterocycles. The Hall–Kier alpha value is -3.69. The van der Waals surface area contributed by atoms with Gasteiger partial charge in [-0.2, -0.15) is 0 Å². The first kappa shape index (κ1) is 25.4. The van der Waals surface area contributed by atoms with Gasteiger partial charge in [0.15, 0.2) is 0 Å². The SMILES string of the molecule is COc1cccc([C@@H](CO)NC(=O)CN2Cc3ccc(-c4nc(NC(C)C)ncc4Cl)cc3C2=O)c1. The summed E-state index contributed by atoms with van der Waals surface area (Å²) >= 11 is 6.35. The van der Waals surface area contributed by atoms with E-state index >= 15 is 0 Å². The van der Waals surface area contributed by atoms with Gasteiger partial charge in [-0.1, -0.05) is 35.9 Å². The van der Waals surface area contributed by atoms with Crippen molar-refractivity contribution in [2.75, 3.05) is 25.6 Å². The van der Waals surface area contributed by atoms with Crippen molar-refractivity contribution in [3.05, 3.63) is 70.4 Å². The molecular weight excluding hydrogens is 482 g/mol. The van der Waals surface area contributed by atoms with Crippen LogP contribution in [0.2, 0.25) is 5.02 Å². The predicted octanol–water partition coefficient (Wildman–Crippen LogP) is 3.43. The molecule has 1 aliphatic heterocycles. The van der Waals surface area contributed by atoms with Crippen molar-refractivity contribution in [3.8, 4) is 17.0 Å². The number of carbonyl (C=O) groups is 2. The fourth-order valence-electron chi connectivity index (χ4n) is 4.04. The van der Waals surface area contributed by atoms with E-state index in [1.54, 1.807) is 37.4 Å². The largest absolute Gasteiger partial charge is 0.497 e. The summed E-state index contributed by atoms with van der Waals surface area (Å²) in [6.45, 7) is 3.85. The summed E-state index contributed by atoms with van der Waals surface area (Å²) in [7, 11) is 1.55. The number of nitrogens with one attached hydrogen (secondary N) is 2. The van der Waals surface area contributed by atoms with E-state index in [2.05, 4.69) is 20.6 Å². The molecule has 0 bridgehead atoms. The number of rotatable bonds is 9. The van der Waals surface area contributed by atoms with Crippen LogP contribution in [0.25, 0.3) is 11.3 Å². The molecule has 0 unspecified atom stereocenters. The van der Waals surface area contributed by atoms with Crippen LogP contribution in [0.1, 0.15) is 41.4 Å². The van der Waals surface area contributed by atoms with Crippen LogP contribution >= 0.6 is 11.6 Å². The van der Waals surface area contributed by atoms with Gasteiger partial charge >= 0.3 is 0 Å². The molecule has 0 aliphatic carbocycles. The number of fused-ring (bicyclic) bond motifs is 1. The number of hydrogen-bond acceptors (Lipinski definition) is 7. The molecule has 36 heavy (non-hydrogen) atoms. The number of aliphatic hydroxyl groups excluding tert-OH is 1. The average molecular weight is 510 g/mol. The van der Waals surface area contributed by atoms with E-state index in [4.69, 9.17) is 16.3 Å². The predicted molar refractivity (Wildman–Crippen MR) is 137 cm³/mol. The highest BCUT2D eigenvalue weighted by Crippen LogP contribution is 2.31. The maximum atomic E-state index is 13.1. The molecular formula is C26H28ClN5O4. The second-order valence-electron chi connectivity index (χ2n) is 8.80. The fourth-order valence-corrected chi connectivity index (χ4v) is 4.24. The highest BCUT2D eigenvalue weighted by molar-refractivity contribution is 6.33. The van der Waals surface area contributed by atoms with Crippen molar-refractivity contribution in [3.63, 3.8) is 0 Å². The molecule has 3 aromatic rings. The lowest BCUT2D eigenvalue weighted by Gasteiger charge is -2.20. The summed E-state index contributed by atoms with van der Waals surface area (Å²) in [5.74, 6) is 0.442. The zero-order chi connectivity index (χ0) is 25.8. The number of ether oxygens (including phenoxy) is 1. The van der Waals surface area contributed by atoms with Gasteiger partial charge in [-0.3, -0.25) is 9.59 Å². The van der Waals surface area contributed by atoms with Gasteiger partial charge in [-0.15, -0.1) is 0 Å². The number of amides is 2. The first-order valence-electron chi connectivity index (χ1n) is 11.5. The van der Waals surface area contributed by atoms with E-state index < -0.39 is 6.04 Å². The first-order valence-corrected chi connectivity index (χ1v) is 11.9. The Bertz CT molecular complexity index is 1280. The van der Waals surface area contributed by atoms with Crippen LogP contribution in [-0.2, 0) is 11.3 Å². The number of benzene rings is 2. The summed E-state index contributed by atoms with van der Waals surface area (Å²) in [4.78, 5) is 36.1. The average Bonchev–Trinajstić information content (AvgIpc) is 3.17. The van der Waals surface area contributed by atoms with Crippen LogP contribution in [0.4, 0.5) is 5.95 Å². The number of aliphatic hydroxyl groups is 1. The quantitative estimate of drug-likeness (QED) is 0.404. The Morgan fingerprint density at radius 2 is 2.06 bits per heavy atom.